The molecule has 120 valence electrons. The highest BCUT2D eigenvalue weighted by atomic mass is 16.5. The average molecular weight is 310 g/mol. The fourth-order valence-corrected chi connectivity index (χ4v) is 2.83. The summed E-state index contributed by atoms with van der Waals surface area (Å²) in [5, 5.41) is 1.41. The highest BCUT2D eigenvalue weighted by Crippen LogP contribution is 2.20. The van der Waals surface area contributed by atoms with Crippen molar-refractivity contribution in [3.8, 4) is 5.75 Å². The maximum Gasteiger partial charge on any atom is 0.197 e. The standard InChI is InChI=1S/C19H22N2O2/c1-3-21(4-2)11-12-23-14-9-10-16-18(13-14)20-17-8-6-5-7-15(17)19(16)22/h5-10,13H,3-4,11-12H2,1-2H3,(H,20,22). The molecule has 4 heteroatoms. The first-order valence-electron chi connectivity index (χ1n) is 8.13. The molecule has 0 aliphatic carbocycles. The third-order valence-electron chi connectivity index (χ3n) is 4.25. The number of nitrogens with one attached hydrogen (secondary N) is 1. The van der Waals surface area contributed by atoms with Gasteiger partial charge >= 0.3 is 0 Å². The van der Waals surface area contributed by atoms with Crippen LogP contribution in [0.5, 0.6) is 5.75 Å². The number of hydrogen-bond donors (Lipinski definition) is 1. The molecule has 0 saturated carbocycles. The molecule has 0 atom stereocenters. The summed E-state index contributed by atoms with van der Waals surface area (Å²) < 4.78 is 5.84. The van der Waals surface area contributed by atoms with Gasteiger partial charge in [0.05, 0.1) is 5.52 Å². The van der Waals surface area contributed by atoms with Crippen molar-refractivity contribution in [3.63, 3.8) is 0 Å². The first-order chi connectivity index (χ1) is 11.2. The van der Waals surface area contributed by atoms with Crippen molar-refractivity contribution in [1.29, 1.82) is 0 Å². The van der Waals surface area contributed by atoms with Crippen LogP contribution in [-0.2, 0) is 0 Å². The number of para-hydroxylation sites is 1. The summed E-state index contributed by atoms with van der Waals surface area (Å²) >= 11 is 0. The number of pyridine rings is 1. The van der Waals surface area contributed by atoms with Gasteiger partial charge in [0.1, 0.15) is 12.4 Å². The Balaban J connectivity index is 1.87. The molecular weight excluding hydrogens is 288 g/mol. The van der Waals surface area contributed by atoms with Crippen LogP contribution in [0.2, 0.25) is 0 Å². The zero-order chi connectivity index (χ0) is 16.2. The van der Waals surface area contributed by atoms with Crippen molar-refractivity contribution in [2.75, 3.05) is 26.2 Å². The van der Waals surface area contributed by atoms with E-state index in [0.717, 1.165) is 41.8 Å². The average Bonchev–Trinajstić information content (AvgIpc) is 2.59. The minimum absolute atomic E-state index is 0.0593. The van der Waals surface area contributed by atoms with E-state index >= 15 is 0 Å². The van der Waals surface area contributed by atoms with E-state index in [1.165, 1.54) is 0 Å². The van der Waals surface area contributed by atoms with Crippen LogP contribution in [0.25, 0.3) is 21.8 Å². The number of likely N-dealkylation sites (N-methyl/N-ethyl adjacent to an activating group) is 1. The zero-order valence-corrected chi connectivity index (χ0v) is 13.6. The van der Waals surface area contributed by atoms with Crippen LogP contribution in [0, 0.1) is 0 Å². The first-order valence-corrected chi connectivity index (χ1v) is 8.13. The summed E-state index contributed by atoms with van der Waals surface area (Å²) in [4.78, 5) is 18.2. The Morgan fingerprint density at radius 2 is 1.74 bits per heavy atom. The lowest BCUT2D eigenvalue weighted by atomic mass is 10.1. The Hall–Kier alpha value is -2.33. The van der Waals surface area contributed by atoms with E-state index < -0.39 is 0 Å². The molecule has 0 aliphatic rings. The second-order valence-electron chi connectivity index (χ2n) is 5.58. The topological polar surface area (TPSA) is 45.3 Å². The van der Waals surface area contributed by atoms with Gasteiger partial charge in [0, 0.05) is 28.9 Å². The number of H-pyrrole nitrogens is 1. The summed E-state index contributed by atoms with van der Waals surface area (Å²) in [6.45, 7) is 7.89. The van der Waals surface area contributed by atoms with Crippen molar-refractivity contribution in [1.82, 2.24) is 9.88 Å². The SMILES string of the molecule is CCN(CC)CCOc1ccc2c(=O)c3ccccc3[nH]c2c1. The summed E-state index contributed by atoms with van der Waals surface area (Å²) in [6.07, 6.45) is 0. The fraction of sp³-hybridized carbons (Fsp3) is 0.316. The minimum Gasteiger partial charge on any atom is -0.492 e. The molecular formula is C19H22N2O2. The van der Waals surface area contributed by atoms with Crippen LogP contribution >= 0.6 is 0 Å². The summed E-state index contributed by atoms with van der Waals surface area (Å²) in [5.41, 5.74) is 1.73. The number of ether oxygens (including phenoxy) is 1. The highest BCUT2D eigenvalue weighted by Gasteiger charge is 2.06. The second-order valence-corrected chi connectivity index (χ2v) is 5.58. The maximum absolute atomic E-state index is 12.5. The van der Waals surface area contributed by atoms with Gasteiger partial charge in [-0.15, -0.1) is 0 Å². The summed E-state index contributed by atoms with van der Waals surface area (Å²) in [5.74, 6) is 0.788. The number of aromatic amines is 1. The van der Waals surface area contributed by atoms with Gasteiger partial charge in [-0.25, -0.2) is 0 Å². The second kappa shape index (κ2) is 6.84. The molecule has 1 N–H and O–H groups in total. The van der Waals surface area contributed by atoms with E-state index in [1.54, 1.807) is 0 Å². The lowest BCUT2D eigenvalue weighted by molar-refractivity contribution is 0.223. The van der Waals surface area contributed by atoms with E-state index in [9.17, 15) is 4.79 Å². The van der Waals surface area contributed by atoms with E-state index in [1.807, 2.05) is 42.5 Å². The number of aromatic nitrogens is 1. The number of fused-ring (bicyclic) bond motifs is 2. The van der Waals surface area contributed by atoms with Gasteiger partial charge in [0.2, 0.25) is 0 Å². The van der Waals surface area contributed by atoms with Crippen molar-refractivity contribution >= 4 is 21.8 Å². The molecule has 0 saturated heterocycles. The van der Waals surface area contributed by atoms with Crippen molar-refractivity contribution in [2.24, 2.45) is 0 Å². The smallest absolute Gasteiger partial charge is 0.197 e. The van der Waals surface area contributed by atoms with Gasteiger partial charge in [-0.2, -0.15) is 0 Å². The van der Waals surface area contributed by atoms with Crippen LogP contribution in [0.15, 0.2) is 47.3 Å². The molecule has 0 bridgehead atoms. The van der Waals surface area contributed by atoms with Gasteiger partial charge < -0.3 is 14.6 Å². The van der Waals surface area contributed by atoms with Crippen molar-refractivity contribution in [3.05, 3.63) is 52.7 Å². The summed E-state index contributed by atoms with van der Waals surface area (Å²) in [7, 11) is 0. The molecule has 4 nitrogen and oxygen atoms in total. The number of nitrogens with zero attached hydrogens (tertiary/aromatic N) is 1. The molecule has 0 fully saturated rings. The van der Waals surface area contributed by atoms with Crippen molar-refractivity contribution < 1.29 is 4.74 Å². The van der Waals surface area contributed by atoms with Crippen molar-refractivity contribution in [2.45, 2.75) is 13.8 Å². The normalized spacial score (nSPS) is 11.4. The molecule has 3 aromatic rings. The largest absolute Gasteiger partial charge is 0.492 e. The van der Waals surface area contributed by atoms with Gasteiger partial charge in [0.25, 0.3) is 0 Å². The third-order valence-corrected chi connectivity index (χ3v) is 4.25. The molecule has 2 aromatic carbocycles. The van der Waals surface area contributed by atoms with Gasteiger partial charge in [-0.3, -0.25) is 4.79 Å². The van der Waals surface area contributed by atoms with E-state index in [0.29, 0.717) is 12.0 Å². The van der Waals surface area contributed by atoms with E-state index in [4.69, 9.17) is 4.74 Å². The van der Waals surface area contributed by atoms with E-state index in [-0.39, 0.29) is 5.43 Å². The number of hydrogen-bond acceptors (Lipinski definition) is 3. The van der Waals surface area contributed by atoms with Crippen LogP contribution in [0.4, 0.5) is 0 Å². The Morgan fingerprint density at radius 1 is 1.00 bits per heavy atom. The third kappa shape index (κ3) is 3.22. The first kappa shape index (κ1) is 15.6. The van der Waals surface area contributed by atoms with E-state index in [2.05, 4.69) is 23.7 Å². The molecule has 3 rings (SSSR count). The predicted molar refractivity (Wildman–Crippen MR) is 95.4 cm³/mol. The lowest BCUT2D eigenvalue weighted by Crippen LogP contribution is -2.27. The van der Waals surface area contributed by atoms with Crippen LogP contribution in [0.3, 0.4) is 0 Å². The minimum atomic E-state index is 0.0593. The molecule has 0 radical (unpaired) electrons. The van der Waals surface area contributed by atoms with Gasteiger partial charge in [-0.05, 0) is 37.4 Å². The van der Waals surface area contributed by atoms with Crippen LogP contribution in [0.1, 0.15) is 13.8 Å². The van der Waals surface area contributed by atoms with Crippen LogP contribution in [-0.4, -0.2) is 36.1 Å². The molecule has 23 heavy (non-hydrogen) atoms. The molecule has 0 spiro atoms. The maximum atomic E-state index is 12.5. The van der Waals surface area contributed by atoms with Crippen LogP contribution < -0.4 is 10.2 Å². The Morgan fingerprint density at radius 3 is 2.52 bits per heavy atom. The number of benzene rings is 2. The Labute approximate surface area is 135 Å². The predicted octanol–water partition coefficient (Wildman–Crippen LogP) is 3.40. The van der Waals surface area contributed by atoms with Gasteiger partial charge in [0.15, 0.2) is 5.43 Å². The summed E-state index contributed by atoms with van der Waals surface area (Å²) in [6, 6.07) is 13.2. The quantitative estimate of drug-likeness (QED) is 0.710. The molecule has 1 heterocycles. The molecule has 0 unspecified atom stereocenters. The Bertz CT molecular complexity index is 866. The lowest BCUT2D eigenvalue weighted by Gasteiger charge is -2.18. The molecule has 1 aromatic heterocycles. The van der Waals surface area contributed by atoms with Gasteiger partial charge in [-0.1, -0.05) is 26.0 Å². The monoisotopic (exact) mass is 310 g/mol. The Kier molecular flexibility index (Phi) is 4.63. The molecule has 0 aliphatic heterocycles. The molecule has 0 amide bonds. The fourth-order valence-electron chi connectivity index (χ4n) is 2.83. The highest BCUT2D eigenvalue weighted by molar-refractivity contribution is 5.92. The number of rotatable bonds is 6. The zero-order valence-electron chi connectivity index (χ0n) is 13.6.